The molecule has 9 heteroatoms. The molecule has 0 saturated carbocycles. The zero-order chi connectivity index (χ0) is 22.3. The van der Waals surface area contributed by atoms with Gasteiger partial charge in [-0.3, -0.25) is 4.79 Å². The number of hydrogen-bond donors (Lipinski definition) is 1. The van der Waals surface area contributed by atoms with Crippen molar-refractivity contribution in [1.29, 1.82) is 0 Å². The monoisotopic (exact) mass is 452 g/mol. The van der Waals surface area contributed by atoms with Crippen LogP contribution in [0.4, 0.5) is 0 Å². The molecule has 0 saturated heterocycles. The molecule has 0 unspecified atom stereocenters. The molecule has 30 heavy (non-hydrogen) atoms. The van der Waals surface area contributed by atoms with Crippen LogP contribution in [0.5, 0.6) is 0 Å². The van der Waals surface area contributed by atoms with E-state index in [4.69, 9.17) is 16.3 Å². The first-order valence-corrected chi connectivity index (χ1v) is 11.3. The molecular weight excluding hydrogens is 428 g/mol. The second-order valence-electron chi connectivity index (χ2n) is 6.51. The molecule has 0 heterocycles. The molecule has 2 aromatic rings. The van der Waals surface area contributed by atoms with Crippen molar-refractivity contribution in [1.82, 2.24) is 9.62 Å². The van der Waals surface area contributed by atoms with Crippen molar-refractivity contribution >= 4 is 33.5 Å². The Bertz CT molecular complexity index is 992. The first-order valence-electron chi connectivity index (χ1n) is 9.51. The molecule has 7 nitrogen and oxygen atoms in total. The van der Waals surface area contributed by atoms with Crippen LogP contribution in [-0.4, -0.2) is 44.3 Å². The molecule has 0 radical (unpaired) electrons. The van der Waals surface area contributed by atoms with E-state index in [-0.39, 0.29) is 34.6 Å². The summed E-state index contributed by atoms with van der Waals surface area (Å²) in [7, 11) is -3.85. The van der Waals surface area contributed by atoms with Crippen LogP contribution in [0.2, 0.25) is 5.02 Å². The van der Waals surface area contributed by atoms with Gasteiger partial charge in [0, 0.05) is 13.1 Å². The maximum atomic E-state index is 12.7. The number of rotatable bonds is 9. The second-order valence-corrected chi connectivity index (χ2v) is 8.82. The van der Waals surface area contributed by atoms with Gasteiger partial charge < -0.3 is 10.1 Å². The number of benzene rings is 2. The van der Waals surface area contributed by atoms with Gasteiger partial charge in [-0.2, -0.15) is 4.31 Å². The van der Waals surface area contributed by atoms with Gasteiger partial charge in [0.1, 0.15) is 4.90 Å². The van der Waals surface area contributed by atoms with Crippen molar-refractivity contribution in [3.8, 4) is 0 Å². The molecule has 2 aromatic carbocycles. The minimum Gasteiger partial charge on any atom is -0.452 e. The summed E-state index contributed by atoms with van der Waals surface area (Å²) in [4.78, 5) is 24.3. The maximum absolute atomic E-state index is 12.7. The number of nitrogens with one attached hydrogen (secondary N) is 1. The highest BCUT2D eigenvalue weighted by Gasteiger charge is 2.26. The average molecular weight is 453 g/mol. The summed E-state index contributed by atoms with van der Waals surface area (Å²) in [6, 6.07) is 13.0. The lowest BCUT2D eigenvalue weighted by atomic mass is 10.1. The normalized spacial score (nSPS) is 12.4. The van der Waals surface area contributed by atoms with Gasteiger partial charge in [-0.15, -0.1) is 0 Å². The number of nitrogens with zero attached hydrogens (tertiary/aromatic N) is 1. The first kappa shape index (κ1) is 23.9. The molecule has 0 fully saturated rings. The highest BCUT2D eigenvalue weighted by Crippen LogP contribution is 2.26. The van der Waals surface area contributed by atoms with E-state index in [1.807, 2.05) is 37.3 Å². The van der Waals surface area contributed by atoms with E-state index in [0.29, 0.717) is 0 Å². The lowest BCUT2D eigenvalue weighted by Gasteiger charge is -2.19. The van der Waals surface area contributed by atoms with Gasteiger partial charge in [0.05, 0.1) is 16.6 Å². The lowest BCUT2D eigenvalue weighted by Crippen LogP contribution is -2.31. The number of amides is 1. The Morgan fingerprint density at radius 1 is 1.10 bits per heavy atom. The van der Waals surface area contributed by atoms with Crippen molar-refractivity contribution in [2.24, 2.45) is 0 Å². The fourth-order valence-corrected chi connectivity index (χ4v) is 4.81. The van der Waals surface area contributed by atoms with Crippen LogP contribution in [0.1, 0.15) is 42.7 Å². The van der Waals surface area contributed by atoms with Gasteiger partial charge in [0.25, 0.3) is 5.91 Å². The average Bonchev–Trinajstić information content (AvgIpc) is 2.73. The standard InChI is InChI=1S/C21H25ClN2O5S/c1-4-24(5-2)30(27,28)19-13-17(11-12-18(19)22)21(26)29-14-20(25)23-15(3)16-9-7-6-8-10-16/h6-13,15H,4-5,14H2,1-3H3,(H,23,25)/t15-/m1/s1. The van der Waals surface area contributed by atoms with Crippen LogP contribution in [0.3, 0.4) is 0 Å². The van der Waals surface area contributed by atoms with E-state index in [2.05, 4.69) is 5.32 Å². The number of carbonyl (C=O) groups excluding carboxylic acids is 2. The highest BCUT2D eigenvalue weighted by atomic mass is 35.5. The fraction of sp³-hybridized carbons (Fsp3) is 0.333. The van der Waals surface area contributed by atoms with E-state index >= 15 is 0 Å². The van der Waals surface area contributed by atoms with E-state index in [1.54, 1.807) is 13.8 Å². The van der Waals surface area contributed by atoms with Crippen LogP contribution in [0, 0.1) is 0 Å². The summed E-state index contributed by atoms with van der Waals surface area (Å²) >= 11 is 6.06. The predicted molar refractivity (Wildman–Crippen MR) is 115 cm³/mol. The van der Waals surface area contributed by atoms with Crippen LogP contribution in [-0.2, 0) is 19.6 Å². The third-order valence-electron chi connectivity index (χ3n) is 4.50. The Labute approximate surface area is 182 Å². The topological polar surface area (TPSA) is 92.8 Å². The fourth-order valence-electron chi connectivity index (χ4n) is 2.85. The first-order chi connectivity index (χ1) is 14.2. The number of halogens is 1. The van der Waals surface area contributed by atoms with Crippen LogP contribution >= 0.6 is 11.6 Å². The van der Waals surface area contributed by atoms with Crippen molar-refractivity contribution in [2.45, 2.75) is 31.7 Å². The third kappa shape index (κ3) is 5.81. The van der Waals surface area contributed by atoms with Gasteiger partial charge in [-0.05, 0) is 30.7 Å². The Hall–Kier alpha value is -2.42. The molecular formula is C21H25ClN2O5S. The summed E-state index contributed by atoms with van der Waals surface area (Å²) in [6.45, 7) is 5.28. The molecule has 0 bridgehead atoms. The molecule has 0 aliphatic rings. The summed E-state index contributed by atoms with van der Waals surface area (Å²) in [5.74, 6) is -1.28. The summed E-state index contributed by atoms with van der Waals surface area (Å²) < 4.78 is 31.8. The Morgan fingerprint density at radius 2 is 1.73 bits per heavy atom. The Kier molecular flexibility index (Phi) is 8.40. The summed E-state index contributed by atoms with van der Waals surface area (Å²) in [5.41, 5.74) is 0.912. The Balaban J connectivity index is 2.06. The van der Waals surface area contributed by atoms with E-state index < -0.39 is 28.5 Å². The molecule has 0 spiro atoms. The molecule has 162 valence electrons. The van der Waals surface area contributed by atoms with Gasteiger partial charge >= 0.3 is 5.97 Å². The molecule has 1 N–H and O–H groups in total. The van der Waals surface area contributed by atoms with E-state index in [0.717, 1.165) is 5.56 Å². The van der Waals surface area contributed by atoms with Crippen LogP contribution in [0.15, 0.2) is 53.4 Å². The van der Waals surface area contributed by atoms with Crippen molar-refractivity contribution in [2.75, 3.05) is 19.7 Å². The van der Waals surface area contributed by atoms with Gasteiger partial charge in [-0.25, -0.2) is 13.2 Å². The SMILES string of the molecule is CCN(CC)S(=O)(=O)c1cc(C(=O)OCC(=O)N[C@H](C)c2ccccc2)ccc1Cl. The number of carbonyl (C=O) groups is 2. The van der Waals surface area contributed by atoms with E-state index in [1.165, 1.54) is 22.5 Å². The van der Waals surface area contributed by atoms with Crippen LogP contribution in [0.25, 0.3) is 0 Å². The van der Waals surface area contributed by atoms with Gasteiger partial charge in [0.2, 0.25) is 10.0 Å². The van der Waals surface area contributed by atoms with Crippen molar-refractivity contribution < 1.29 is 22.7 Å². The molecule has 0 aliphatic heterocycles. The zero-order valence-corrected chi connectivity index (χ0v) is 18.7. The second kappa shape index (κ2) is 10.6. The quantitative estimate of drug-likeness (QED) is 0.588. The van der Waals surface area contributed by atoms with Crippen molar-refractivity contribution in [3.63, 3.8) is 0 Å². The zero-order valence-electron chi connectivity index (χ0n) is 17.1. The largest absolute Gasteiger partial charge is 0.452 e. The van der Waals surface area contributed by atoms with Crippen molar-refractivity contribution in [3.05, 3.63) is 64.7 Å². The number of ether oxygens (including phenoxy) is 1. The minimum atomic E-state index is -3.85. The minimum absolute atomic E-state index is 0.00552. The maximum Gasteiger partial charge on any atom is 0.338 e. The summed E-state index contributed by atoms with van der Waals surface area (Å²) in [5, 5.41) is 2.75. The van der Waals surface area contributed by atoms with Gasteiger partial charge in [-0.1, -0.05) is 55.8 Å². The molecule has 1 atom stereocenters. The van der Waals surface area contributed by atoms with E-state index in [9.17, 15) is 18.0 Å². The number of esters is 1. The third-order valence-corrected chi connectivity index (χ3v) is 7.03. The summed E-state index contributed by atoms with van der Waals surface area (Å²) in [6.07, 6.45) is 0. The predicted octanol–water partition coefficient (Wildman–Crippen LogP) is 3.40. The number of hydrogen-bond acceptors (Lipinski definition) is 5. The smallest absolute Gasteiger partial charge is 0.338 e. The molecule has 2 rings (SSSR count). The molecule has 1 amide bonds. The van der Waals surface area contributed by atoms with Crippen LogP contribution < -0.4 is 5.32 Å². The molecule has 0 aliphatic carbocycles. The van der Waals surface area contributed by atoms with Gasteiger partial charge in [0.15, 0.2) is 6.61 Å². The highest BCUT2D eigenvalue weighted by molar-refractivity contribution is 7.89. The lowest BCUT2D eigenvalue weighted by molar-refractivity contribution is -0.124. The molecule has 0 aromatic heterocycles. The Morgan fingerprint density at radius 3 is 2.33 bits per heavy atom. The number of sulfonamides is 1.